The molecule has 0 unspecified atom stereocenters. The van der Waals surface area contributed by atoms with Gasteiger partial charge in [0.2, 0.25) is 0 Å². The van der Waals surface area contributed by atoms with Crippen LogP contribution in [-0.4, -0.2) is 20.5 Å². The van der Waals surface area contributed by atoms with Crippen molar-refractivity contribution in [2.45, 2.75) is 32.9 Å². The molecule has 96 valence electrons. The van der Waals surface area contributed by atoms with Gasteiger partial charge in [0.25, 0.3) is 0 Å². The molecule has 18 heavy (non-hydrogen) atoms. The van der Waals surface area contributed by atoms with E-state index < -0.39 is 0 Å². The highest BCUT2D eigenvalue weighted by Gasteiger charge is 2.10. The molecule has 0 saturated carbocycles. The molecule has 2 aromatic rings. The molecule has 0 aliphatic rings. The highest BCUT2D eigenvalue weighted by molar-refractivity contribution is 6.30. The van der Waals surface area contributed by atoms with Crippen molar-refractivity contribution < 1.29 is 0 Å². The van der Waals surface area contributed by atoms with Crippen molar-refractivity contribution in [3.8, 4) is 11.5 Å². The van der Waals surface area contributed by atoms with Crippen LogP contribution in [0.15, 0.2) is 24.5 Å². The van der Waals surface area contributed by atoms with Crippen LogP contribution in [0.5, 0.6) is 0 Å². The van der Waals surface area contributed by atoms with Gasteiger partial charge in [0.15, 0.2) is 5.82 Å². The lowest BCUT2D eigenvalue weighted by molar-refractivity contribution is 0.422. The van der Waals surface area contributed by atoms with Gasteiger partial charge in [-0.05, 0) is 32.9 Å². The third-order valence-corrected chi connectivity index (χ3v) is 2.63. The van der Waals surface area contributed by atoms with Gasteiger partial charge in [0, 0.05) is 24.0 Å². The molecule has 0 radical (unpaired) electrons. The van der Waals surface area contributed by atoms with Gasteiger partial charge in [0.05, 0.1) is 11.2 Å². The summed E-state index contributed by atoms with van der Waals surface area (Å²) in [5, 5.41) is 4.02. The number of halogens is 1. The average Bonchev–Trinajstić information content (AvgIpc) is 2.75. The maximum atomic E-state index is 5.80. The summed E-state index contributed by atoms with van der Waals surface area (Å²) in [7, 11) is 0. The van der Waals surface area contributed by atoms with Gasteiger partial charge >= 0.3 is 0 Å². The smallest absolute Gasteiger partial charge is 0.156 e. The van der Waals surface area contributed by atoms with E-state index in [9.17, 15) is 0 Å². The van der Waals surface area contributed by atoms with E-state index in [0.717, 1.165) is 23.8 Å². The van der Waals surface area contributed by atoms with Crippen LogP contribution in [0.3, 0.4) is 0 Å². The zero-order valence-corrected chi connectivity index (χ0v) is 11.5. The van der Waals surface area contributed by atoms with E-state index in [1.54, 1.807) is 12.3 Å². The maximum absolute atomic E-state index is 5.80. The number of nitrogens with one attached hydrogen (secondary N) is 2. The average molecular weight is 265 g/mol. The van der Waals surface area contributed by atoms with Gasteiger partial charge in [-0.15, -0.1) is 0 Å². The lowest BCUT2D eigenvalue weighted by Crippen LogP contribution is -2.35. The van der Waals surface area contributed by atoms with E-state index in [4.69, 9.17) is 11.6 Å². The fourth-order valence-corrected chi connectivity index (χ4v) is 1.57. The number of imidazole rings is 1. The first-order valence-corrected chi connectivity index (χ1v) is 6.23. The largest absolute Gasteiger partial charge is 0.339 e. The number of pyridine rings is 1. The Morgan fingerprint density at radius 2 is 2.00 bits per heavy atom. The van der Waals surface area contributed by atoms with Crippen molar-refractivity contribution in [1.82, 2.24) is 20.3 Å². The first kappa shape index (κ1) is 13.1. The minimum absolute atomic E-state index is 0.0871. The predicted octanol–water partition coefficient (Wildman–Crippen LogP) is 3.01. The normalized spacial score (nSPS) is 11.8. The Morgan fingerprint density at radius 1 is 1.22 bits per heavy atom. The van der Waals surface area contributed by atoms with Gasteiger partial charge in [-0.2, -0.15) is 0 Å². The molecule has 0 aliphatic heterocycles. The fourth-order valence-electron chi connectivity index (χ4n) is 1.46. The molecule has 2 rings (SSSR count). The second-order valence-corrected chi connectivity index (χ2v) is 5.66. The standard InChI is InChI=1S/C13H17ClN4/c1-13(2,3)17-8-10-7-16-12(18-10)11-5-4-9(14)6-15-11/h4-7,17H,8H2,1-3H3,(H,16,18). The van der Waals surface area contributed by atoms with Crippen molar-refractivity contribution in [1.29, 1.82) is 0 Å². The first-order valence-electron chi connectivity index (χ1n) is 5.85. The first-order chi connectivity index (χ1) is 8.44. The van der Waals surface area contributed by atoms with Gasteiger partial charge < -0.3 is 10.3 Å². The van der Waals surface area contributed by atoms with Crippen LogP contribution in [0.25, 0.3) is 11.5 Å². The quantitative estimate of drug-likeness (QED) is 0.896. The third-order valence-electron chi connectivity index (χ3n) is 2.41. The molecule has 0 aromatic carbocycles. The lowest BCUT2D eigenvalue weighted by Gasteiger charge is -2.19. The predicted molar refractivity (Wildman–Crippen MR) is 73.4 cm³/mol. The summed E-state index contributed by atoms with van der Waals surface area (Å²) in [5.41, 5.74) is 1.92. The molecule has 4 nitrogen and oxygen atoms in total. The summed E-state index contributed by atoms with van der Waals surface area (Å²) < 4.78 is 0. The van der Waals surface area contributed by atoms with Crippen LogP contribution in [0.2, 0.25) is 5.02 Å². The highest BCUT2D eigenvalue weighted by Crippen LogP contribution is 2.15. The van der Waals surface area contributed by atoms with Crippen LogP contribution < -0.4 is 5.32 Å². The molecule has 0 amide bonds. The van der Waals surface area contributed by atoms with E-state index in [-0.39, 0.29) is 5.54 Å². The SMILES string of the molecule is CC(C)(C)NCc1cnc(-c2ccc(Cl)cn2)[nH]1. The molecule has 2 heterocycles. The molecule has 0 fully saturated rings. The van der Waals surface area contributed by atoms with Gasteiger partial charge in [-0.1, -0.05) is 11.6 Å². The van der Waals surface area contributed by atoms with E-state index in [2.05, 4.69) is 41.0 Å². The van der Waals surface area contributed by atoms with Crippen LogP contribution in [0.1, 0.15) is 26.5 Å². The minimum atomic E-state index is 0.0871. The van der Waals surface area contributed by atoms with E-state index in [1.807, 2.05) is 12.3 Å². The van der Waals surface area contributed by atoms with Gasteiger partial charge in [0.1, 0.15) is 5.69 Å². The molecule has 5 heteroatoms. The van der Waals surface area contributed by atoms with Crippen LogP contribution in [-0.2, 0) is 6.54 Å². The Bertz CT molecular complexity index is 511. The van der Waals surface area contributed by atoms with E-state index in [1.165, 1.54) is 0 Å². The minimum Gasteiger partial charge on any atom is -0.339 e. The van der Waals surface area contributed by atoms with Crippen LogP contribution in [0, 0.1) is 0 Å². The molecular formula is C13H17ClN4. The molecule has 0 aliphatic carbocycles. The third kappa shape index (κ3) is 3.55. The van der Waals surface area contributed by atoms with Crippen molar-refractivity contribution in [3.05, 3.63) is 35.2 Å². The Labute approximate surface area is 112 Å². The number of aromatic amines is 1. The van der Waals surface area contributed by atoms with Crippen molar-refractivity contribution in [3.63, 3.8) is 0 Å². The topological polar surface area (TPSA) is 53.6 Å². The van der Waals surface area contributed by atoms with Crippen molar-refractivity contribution in [2.75, 3.05) is 0 Å². The Morgan fingerprint density at radius 3 is 2.61 bits per heavy atom. The highest BCUT2D eigenvalue weighted by atomic mass is 35.5. The zero-order valence-electron chi connectivity index (χ0n) is 10.8. The van der Waals surface area contributed by atoms with E-state index in [0.29, 0.717) is 5.02 Å². The summed E-state index contributed by atoms with van der Waals surface area (Å²) in [5.74, 6) is 0.761. The van der Waals surface area contributed by atoms with Gasteiger partial charge in [-0.3, -0.25) is 4.98 Å². The number of rotatable bonds is 3. The molecule has 0 saturated heterocycles. The molecule has 0 spiro atoms. The zero-order chi connectivity index (χ0) is 13.2. The summed E-state index contributed by atoms with van der Waals surface area (Å²) in [6.45, 7) is 7.14. The molecule has 2 N–H and O–H groups in total. The van der Waals surface area contributed by atoms with Crippen LogP contribution in [0.4, 0.5) is 0 Å². The second kappa shape index (κ2) is 5.08. The number of H-pyrrole nitrogens is 1. The second-order valence-electron chi connectivity index (χ2n) is 5.22. The molecule has 0 bridgehead atoms. The van der Waals surface area contributed by atoms with E-state index >= 15 is 0 Å². The summed E-state index contributed by atoms with van der Waals surface area (Å²) in [6.07, 6.45) is 3.44. The maximum Gasteiger partial charge on any atom is 0.156 e. The summed E-state index contributed by atoms with van der Waals surface area (Å²) in [6, 6.07) is 3.65. The van der Waals surface area contributed by atoms with Gasteiger partial charge in [-0.25, -0.2) is 4.98 Å². The number of hydrogen-bond acceptors (Lipinski definition) is 3. The molecular weight excluding hydrogens is 248 g/mol. The Hall–Kier alpha value is -1.39. The summed E-state index contributed by atoms with van der Waals surface area (Å²) >= 11 is 5.80. The van der Waals surface area contributed by atoms with Crippen molar-refractivity contribution >= 4 is 11.6 Å². The number of hydrogen-bond donors (Lipinski definition) is 2. The summed E-state index contributed by atoms with van der Waals surface area (Å²) in [4.78, 5) is 11.8. The van der Waals surface area contributed by atoms with Crippen LogP contribution >= 0.6 is 11.6 Å². The fraction of sp³-hybridized carbons (Fsp3) is 0.385. The number of aromatic nitrogens is 3. The van der Waals surface area contributed by atoms with Crippen molar-refractivity contribution in [2.24, 2.45) is 0 Å². The molecule has 0 atom stereocenters. The monoisotopic (exact) mass is 264 g/mol. The Kier molecular flexibility index (Phi) is 3.68. The lowest BCUT2D eigenvalue weighted by atomic mass is 10.1. The number of nitrogens with zero attached hydrogens (tertiary/aromatic N) is 2. The molecule has 2 aromatic heterocycles. The Balaban J connectivity index is 2.08.